The minimum absolute atomic E-state index is 0.0492. The lowest BCUT2D eigenvalue weighted by atomic mass is 10.1. The molecule has 0 radical (unpaired) electrons. The largest absolute Gasteiger partial charge is 0.381 e. The summed E-state index contributed by atoms with van der Waals surface area (Å²) >= 11 is 11.9. The quantitative estimate of drug-likeness (QED) is 0.820. The lowest BCUT2D eigenvalue weighted by molar-refractivity contribution is 0.101. The average Bonchev–Trinajstić information content (AvgIpc) is 2.38. The molecule has 0 unspecified atom stereocenters. The molecular formula is C15H13Cl2NO. The first-order chi connectivity index (χ1) is 9.06. The highest BCUT2D eigenvalue weighted by molar-refractivity contribution is 6.35. The summed E-state index contributed by atoms with van der Waals surface area (Å²) in [4.78, 5) is 11.3. The first kappa shape index (κ1) is 13.9. The summed E-state index contributed by atoms with van der Waals surface area (Å²) in [6, 6.07) is 12.8. The van der Waals surface area contributed by atoms with Crippen LogP contribution in [-0.4, -0.2) is 5.78 Å². The van der Waals surface area contributed by atoms with Crippen molar-refractivity contribution in [2.45, 2.75) is 13.5 Å². The molecule has 2 rings (SSSR count). The maximum absolute atomic E-state index is 11.3. The van der Waals surface area contributed by atoms with Crippen LogP contribution in [0.15, 0.2) is 42.5 Å². The number of rotatable bonds is 4. The van der Waals surface area contributed by atoms with Gasteiger partial charge in [-0.1, -0.05) is 41.4 Å². The van der Waals surface area contributed by atoms with Gasteiger partial charge in [0, 0.05) is 27.8 Å². The summed E-state index contributed by atoms with van der Waals surface area (Å²) in [6.45, 7) is 2.13. The molecule has 0 fully saturated rings. The summed E-state index contributed by atoms with van der Waals surface area (Å²) in [5, 5.41) is 4.48. The molecule has 2 nitrogen and oxygen atoms in total. The van der Waals surface area contributed by atoms with Gasteiger partial charge >= 0.3 is 0 Å². The van der Waals surface area contributed by atoms with Crippen molar-refractivity contribution in [1.82, 2.24) is 0 Å². The van der Waals surface area contributed by atoms with Gasteiger partial charge in [-0.25, -0.2) is 0 Å². The third kappa shape index (κ3) is 3.72. The number of anilines is 1. The van der Waals surface area contributed by atoms with Crippen molar-refractivity contribution in [2.24, 2.45) is 0 Å². The zero-order valence-electron chi connectivity index (χ0n) is 10.4. The molecule has 2 aromatic rings. The lowest BCUT2D eigenvalue weighted by Gasteiger charge is -2.09. The van der Waals surface area contributed by atoms with Crippen LogP contribution in [-0.2, 0) is 6.54 Å². The Hall–Kier alpha value is -1.51. The molecule has 98 valence electrons. The summed E-state index contributed by atoms with van der Waals surface area (Å²) < 4.78 is 0. The minimum atomic E-state index is 0.0492. The number of halogens is 2. The normalized spacial score (nSPS) is 10.3. The number of carbonyl (C=O) groups is 1. The van der Waals surface area contributed by atoms with Crippen LogP contribution in [0.25, 0.3) is 0 Å². The summed E-state index contributed by atoms with van der Waals surface area (Å²) in [5.74, 6) is 0.0492. The summed E-state index contributed by atoms with van der Waals surface area (Å²) in [6.07, 6.45) is 0. The number of carbonyl (C=O) groups excluding carboxylic acids is 1. The van der Waals surface area contributed by atoms with E-state index in [9.17, 15) is 4.79 Å². The Morgan fingerprint density at radius 2 is 1.95 bits per heavy atom. The second-order valence-corrected chi connectivity index (χ2v) is 5.07. The second kappa shape index (κ2) is 6.09. The molecule has 0 aromatic heterocycles. The molecule has 0 aliphatic heterocycles. The fourth-order valence-electron chi connectivity index (χ4n) is 1.71. The number of Topliss-reactive ketones (excluding diaryl/α,β-unsaturated/α-hetero) is 1. The zero-order chi connectivity index (χ0) is 13.8. The van der Waals surface area contributed by atoms with Gasteiger partial charge in [0.2, 0.25) is 0 Å². The van der Waals surface area contributed by atoms with Crippen molar-refractivity contribution in [3.63, 3.8) is 0 Å². The molecule has 0 spiro atoms. The lowest BCUT2D eigenvalue weighted by Crippen LogP contribution is -2.01. The van der Waals surface area contributed by atoms with E-state index in [1.165, 1.54) is 0 Å². The Labute approximate surface area is 122 Å². The fraction of sp³-hybridized carbons (Fsp3) is 0.133. The Morgan fingerprint density at radius 1 is 1.16 bits per heavy atom. The van der Waals surface area contributed by atoms with Crippen LogP contribution in [0.3, 0.4) is 0 Å². The van der Waals surface area contributed by atoms with Gasteiger partial charge < -0.3 is 5.32 Å². The maximum atomic E-state index is 11.3. The fourth-order valence-corrected chi connectivity index (χ4v) is 2.19. The van der Waals surface area contributed by atoms with Crippen molar-refractivity contribution in [3.05, 3.63) is 63.6 Å². The van der Waals surface area contributed by atoms with E-state index in [-0.39, 0.29) is 5.78 Å². The van der Waals surface area contributed by atoms with E-state index in [0.29, 0.717) is 22.2 Å². The SMILES string of the molecule is CC(=O)c1cccc(NCc2ccc(Cl)cc2Cl)c1. The topological polar surface area (TPSA) is 29.1 Å². The summed E-state index contributed by atoms with van der Waals surface area (Å²) in [5.41, 5.74) is 2.53. The smallest absolute Gasteiger partial charge is 0.159 e. The van der Waals surface area contributed by atoms with Crippen molar-refractivity contribution < 1.29 is 4.79 Å². The maximum Gasteiger partial charge on any atom is 0.159 e. The number of benzene rings is 2. The molecular weight excluding hydrogens is 281 g/mol. The molecule has 0 aliphatic carbocycles. The molecule has 19 heavy (non-hydrogen) atoms. The van der Waals surface area contributed by atoms with Gasteiger partial charge in [-0.2, -0.15) is 0 Å². The van der Waals surface area contributed by atoms with Crippen molar-refractivity contribution >= 4 is 34.7 Å². The molecule has 0 heterocycles. The van der Waals surface area contributed by atoms with Gasteiger partial charge in [-0.3, -0.25) is 4.79 Å². The Balaban J connectivity index is 2.10. The highest BCUT2D eigenvalue weighted by atomic mass is 35.5. The number of ketones is 1. The minimum Gasteiger partial charge on any atom is -0.381 e. The standard InChI is InChI=1S/C15H13Cl2NO/c1-10(19)11-3-2-4-14(7-11)18-9-12-5-6-13(16)8-15(12)17/h2-8,18H,9H2,1H3. The van der Waals surface area contributed by atoms with Crippen LogP contribution in [0.1, 0.15) is 22.8 Å². The van der Waals surface area contributed by atoms with Gasteiger partial charge in [-0.05, 0) is 36.8 Å². The van der Waals surface area contributed by atoms with Gasteiger partial charge in [0.1, 0.15) is 0 Å². The predicted octanol–water partition coefficient (Wildman–Crippen LogP) is 4.81. The van der Waals surface area contributed by atoms with Gasteiger partial charge in [0.15, 0.2) is 5.78 Å². The molecule has 0 atom stereocenters. The van der Waals surface area contributed by atoms with Crippen molar-refractivity contribution in [3.8, 4) is 0 Å². The van der Waals surface area contributed by atoms with Crippen LogP contribution < -0.4 is 5.32 Å². The Morgan fingerprint density at radius 3 is 2.63 bits per heavy atom. The molecule has 0 saturated heterocycles. The van der Waals surface area contributed by atoms with E-state index in [4.69, 9.17) is 23.2 Å². The van der Waals surface area contributed by atoms with E-state index < -0.39 is 0 Å². The third-order valence-electron chi connectivity index (χ3n) is 2.77. The van der Waals surface area contributed by atoms with Gasteiger partial charge in [0.25, 0.3) is 0 Å². The molecule has 0 saturated carbocycles. The third-order valence-corrected chi connectivity index (χ3v) is 3.35. The second-order valence-electron chi connectivity index (χ2n) is 4.23. The van der Waals surface area contributed by atoms with E-state index >= 15 is 0 Å². The Kier molecular flexibility index (Phi) is 4.46. The monoisotopic (exact) mass is 293 g/mol. The Bertz CT molecular complexity index is 611. The molecule has 0 bridgehead atoms. The highest BCUT2D eigenvalue weighted by Gasteiger charge is 2.03. The van der Waals surface area contributed by atoms with Gasteiger partial charge in [0.05, 0.1) is 0 Å². The highest BCUT2D eigenvalue weighted by Crippen LogP contribution is 2.22. The van der Waals surface area contributed by atoms with Crippen molar-refractivity contribution in [2.75, 3.05) is 5.32 Å². The van der Waals surface area contributed by atoms with Crippen molar-refractivity contribution in [1.29, 1.82) is 0 Å². The van der Waals surface area contributed by atoms with E-state index in [2.05, 4.69) is 5.32 Å². The van der Waals surface area contributed by atoms with E-state index in [0.717, 1.165) is 11.3 Å². The number of hydrogen-bond acceptors (Lipinski definition) is 2. The van der Waals surface area contributed by atoms with Gasteiger partial charge in [-0.15, -0.1) is 0 Å². The van der Waals surface area contributed by atoms with E-state index in [1.807, 2.05) is 24.3 Å². The van der Waals surface area contributed by atoms with Crippen LogP contribution in [0.5, 0.6) is 0 Å². The first-order valence-electron chi connectivity index (χ1n) is 5.85. The number of hydrogen-bond donors (Lipinski definition) is 1. The molecule has 4 heteroatoms. The molecule has 0 aliphatic rings. The first-order valence-corrected chi connectivity index (χ1v) is 6.60. The molecule has 1 N–H and O–H groups in total. The molecule has 2 aromatic carbocycles. The number of nitrogens with one attached hydrogen (secondary N) is 1. The molecule has 0 amide bonds. The van der Waals surface area contributed by atoms with E-state index in [1.54, 1.807) is 25.1 Å². The zero-order valence-corrected chi connectivity index (χ0v) is 11.9. The van der Waals surface area contributed by atoms with Crippen LogP contribution in [0.2, 0.25) is 10.0 Å². The van der Waals surface area contributed by atoms with Crippen LogP contribution in [0.4, 0.5) is 5.69 Å². The summed E-state index contributed by atoms with van der Waals surface area (Å²) in [7, 11) is 0. The average molecular weight is 294 g/mol. The predicted molar refractivity (Wildman–Crippen MR) is 80.2 cm³/mol. The van der Waals surface area contributed by atoms with Crippen LogP contribution in [0, 0.1) is 0 Å². The van der Waals surface area contributed by atoms with Crippen LogP contribution >= 0.6 is 23.2 Å².